The molecule has 96 valence electrons. The van der Waals surface area contributed by atoms with Gasteiger partial charge in [-0.3, -0.25) is 4.90 Å². The number of likely N-dealkylation sites (tertiary alicyclic amines) is 1. The Labute approximate surface area is 111 Å². The van der Waals surface area contributed by atoms with Gasteiger partial charge in [-0.05, 0) is 36.8 Å². The van der Waals surface area contributed by atoms with Crippen LogP contribution in [0.15, 0.2) is 28.1 Å². The Balaban J connectivity index is 1.66. The monoisotopic (exact) mass is 262 g/mol. The summed E-state index contributed by atoms with van der Waals surface area (Å²) in [5, 5.41) is 6.24. The number of piperidine rings is 1. The van der Waals surface area contributed by atoms with Crippen molar-refractivity contribution in [1.29, 1.82) is 0 Å². The molecule has 1 fully saturated rings. The molecule has 1 aliphatic heterocycles. The number of thiophene rings is 1. The number of rotatable bonds is 3. The van der Waals surface area contributed by atoms with Crippen LogP contribution in [0.25, 0.3) is 10.6 Å². The predicted octanol–water partition coefficient (Wildman–Crippen LogP) is 3.64. The molecule has 2 aromatic rings. The molecule has 18 heavy (non-hydrogen) atoms. The van der Waals surface area contributed by atoms with Gasteiger partial charge in [-0.2, -0.15) is 0 Å². The maximum atomic E-state index is 5.41. The molecule has 0 aliphatic carbocycles. The van der Waals surface area contributed by atoms with Crippen LogP contribution in [-0.4, -0.2) is 23.1 Å². The molecule has 0 saturated carbocycles. The minimum absolute atomic E-state index is 0.808. The summed E-state index contributed by atoms with van der Waals surface area (Å²) in [6.07, 6.45) is 2.66. The second-order valence-electron chi connectivity index (χ2n) is 5.14. The van der Waals surface area contributed by atoms with Crippen LogP contribution in [-0.2, 0) is 6.54 Å². The summed E-state index contributed by atoms with van der Waals surface area (Å²) < 4.78 is 5.41. The maximum Gasteiger partial charge on any atom is 0.177 e. The van der Waals surface area contributed by atoms with E-state index >= 15 is 0 Å². The van der Waals surface area contributed by atoms with Gasteiger partial charge in [-0.15, -0.1) is 11.3 Å². The molecular weight excluding hydrogens is 244 g/mol. The number of hydrogen-bond acceptors (Lipinski definition) is 4. The first-order chi connectivity index (χ1) is 8.81. The molecule has 0 unspecified atom stereocenters. The lowest BCUT2D eigenvalue weighted by atomic mass is 10.0. The van der Waals surface area contributed by atoms with E-state index in [1.54, 1.807) is 11.3 Å². The van der Waals surface area contributed by atoms with Crippen molar-refractivity contribution in [2.75, 3.05) is 13.1 Å². The molecule has 0 amide bonds. The topological polar surface area (TPSA) is 29.3 Å². The Morgan fingerprint density at radius 2 is 2.50 bits per heavy atom. The van der Waals surface area contributed by atoms with E-state index in [0.29, 0.717) is 0 Å². The summed E-state index contributed by atoms with van der Waals surface area (Å²) in [6.45, 7) is 5.61. The lowest BCUT2D eigenvalue weighted by molar-refractivity contribution is 0.172. The van der Waals surface area contributed by atoms with E-state index in [4.69, 9.17) is 4.52 Å². The number of nitrogens with zero attached hydrogens (tertiary/aromatic N) is 2. The lowest BCUT2D eigenvalue weighted by Crippen LogP contribution is -2.33. The average Bonchev–Trinajstić information content (AvgIpc) is 2.98. The summed E-state index contributed by atoms with van der Waals surface area (Å²) in [4.78, 5) is 3.63. The molecule has 4 heteroatoms. The van der Waals surface area contributed by atoms with Crippen LogP contribution in [0.4, 0.5) is 0 Å². The summed E-state index contributed by atoms with van der Waals surface area (Å²) in [6, 6.07) is 6.18. The molecule has 3 rings (SSSR count). The first-order valence-electron chi connectivity index (χ1n) is 6.53. The van der Waals surface area contributed by atoms with Crippen LogP contribution in [0.2, 0.25) is 0 Å². The van der Waals surface area contributed by atoms with Gasteiger partial charge in [0.25, 0.3) is 0 Å². The van der Waals surface area contributed by atoms with Crippen molar-refractivity contribution in [1.82, 2.24) is 10.1 Å². The smallest absolute Gasteiger partial charge is 0.177 e. The second-order valence-corrected chi connectivity index (χ2v) is 6.09. The summed E-state index contributed by atoms with van der Waals surface area (Å²) >= 11 is 1.69. The van der Waals surface area contributed by atoms with Crippen LogP contribution in [0.3, 0.4) is 0 Å². The molecule has 0 aromatic carbocycles. The van der Waals surface area contributed by atoms with Crippen molar-refractivity contribution in [3.63, 3.8) is 0 Å². The lowest BCUT2D eigenvalue weighted by Gasteiger charge is -2.29. The highest BCUT2D eigenvalue weighted by Gasteiger charge is 2.18. The van der Waals surface area contributed by atoms with Gasteiger partial charge in [-0.25, -0.2) is 0 Å². The zero-order valence-electron chi connectivity index (χ0n) is 10.6. The van der Waals surface area contributed by atoms with E-state index in [1.165, 1.54) is 25.9 Å². The molecular formula is C14H18N2OS. The third kappa shape index (κ3) is 2.65. The average molecular weight is 262 g/mol. The molecule has 0 N–H and O–H groups in total. The van der Waals surface area contributed by atoms with E-state index in [2.05, 4.69) is 34.5 Å². The zero-order chi connectivity index (χ0) is 12.4. The predicted molar refractivity (Wildman–Crippen MR) is 73.5 cm³/mol. The normalized spacial score (nSPS) is 21.3. The fourth-order valence-corrected chi connectivity index (χ4v) is 3.25. The maximum absolute atomic E-state index is 5.41. The van der Waals surface area contributed by atoms with E-state index in [0.717, 1.165) is 28.8 Å². The van der Waals surface area contributed by atoms with Gasteiger partial charge >= 0.3 is 0 Å². The van der Waals surface area contributed by atoms with Crippen molar-refractivity contribution in [3.05, 3.63) is 29.3 Å². The van der Waals surface area contributed by atoms with Crippen molar-refractivity contribution in [2.24, 2.45) is 5.92 Å². The van der Waals surface area contributed by atoms with Gasteiger partial charge in [0.2, 0.25) is 0 Å². The van der Waals surface area contributed by atoms with Crippen molar-refractivity contribution >= 4 is 11.3 Å². The molecule has 2 aromatic heterocycles. The molecule has 0 radical (unpaired) electrons. The van der Waals surface area contributed by atoms with E-state index in [1.807, 2.05) is 6.07 Å². The fraction of sp³-hybridized carbons (Fsp3) is 0.500. The Kier molecular flexibility index (Phi) is 3.48. The Morgan fingerprint density at radius 1 is 1.56 bits per heavy atom. The minimum atomic E-state index is 0.808. The van der Waals surface area contributed by atoms with Gasteiger partial charge in [0, 0.05) is 19.2 Å². The second kappa shape index (κ2) is 5.24. The molecule has 1 saturated heterocycles. The molecule has 0 bridgehead atoms. The van der Waals surface area contributed by atoms with E-state index < -0.39 is 0 Å². The Morgan fingerprint density at radius 3 is 3.28 bits per heavy atom. The van der Waals surface area contributed by atoms with Gasteiger partial charge in [-0.1, -0.05) is 18.1 Å². The number of aromatic nitrogens is 1. The minimum Gasteiger partial charge on any atom is -0.355 e. The summed E-state index contributed by atoms with van der Waals surface area (Å²) in [5.41, 5.74) is 1.05. The van der Waals surface area contributed by atoms with Gasteiger partial charge in [0.1, 0.15) is 0 Å². The van der Waals surface area contributed by atoms with Gasteiger partial charge in [0.15, 0.2) is 5.76 Å². The van der Waals surface area contributed by atoms with Gasteiger partial charge in [0.05, 0.1) is 10.6 Å². The van der Waals surface area contributed by atoms with Crippen molar-refractivity contribution in [3.8, 4) is 10.6 Å². The van der Waals surface area contributed by atoms with Crippen LogP contribution in [0, 0.1) is 5.92 Å². The van der Waals surface area contributed by atoms with Crippen molar-refractivity contribution < 1.29 is 4.52 Å². The highest BCUT2D eigenvalue weighted by atomic mass is 32.1. The number of hydrogen-bond donors (Lipinski definition) is 0. The van der Waals surface area contributed by atoms with E-state index in [-0.39, 0.29) is 0 Å². The summed E-state index contributed by atoms with van der Waals surface area (Å²) in [5.74, 6) is 1.70. The standard InChI is InChI=1S/C14H18N2OS/c1-11-4-2-6-16(9-11)10-12-8-13(17-15-12)14-5-3-7-18-14/h3,5,7-8,11H,2,4,6,9-10H2,1H3/t11-/m0/s1. The highest BCUT2D eigenvalue weighted by Crippen LogP contribution is 2.26. The third-order valence-electron chi connectivity index (χ3n) is 3.45. The Bertz CT molecular complexity index is 492. The van der Waals surface area contributed by atoms with Gasteiger partial charge < -0.3 is 4.52 Å². The molecule has 1 atom stereocenters. The summed E-state index contributed by atoms with van der Waals surface area (Å²) in [7, 11) is 0. The molecule has 1 aliphatic rings. The van der Waals surface area contributed by atoms with Crippen LogP contribution in [0.1, 0.15) is 25.5 Å². The molecule has 3 nitrogen and oxygen atoms in total. The van der Waals surface area contributed by atoms with Crippen LogP contribution >= 0.6 is 11.3 Å². The zero-order valence-corrected chi connectivity index (χ0v) is 11.4. The highest BCUT2D eigenvalue weighted by molar-refractivity contribution is 7.13. The van der Waals surface area contributed by atoms with E-state index in [9.17, 15) is 0 Å². The van der Waals surface area contributed by atoms with Crippen LogP contribution in [0.5, 0.6) is 0 Å². The molecule has 0 spiro atoms. The largest absolute Gasteiger partial charge is 0.355 e. The Hall–Kier alpha value is -1.13. The first kappa shape index (κ1) is 11.9. The van der Waals surface area contributed by atoms with Crippen molar-refractivity contribution in [2.45, 2.75) is 26.3 Å². The third-order valence-corrected chi connectivity index (χ3v) is 4.33. The fourth-order valence-electron chi connectivity index (χ4n) is 2.58. The first-order valence-corrected chi connectivity index (χ1v) is 7.41. The quantitative estimate of drug-likeness (QED) is 0.845. The molecule has 3 heterocycles. The van der Waals surface area contributed by atoms with Crippen LogP contribution < -0.4 is 0 Å². The SMILES string of the molecule is C[C@H]1CCCN(Cc2cc(-c3cccs3)on2)C1.